The van der Waals surface area contributed by atoms with E-state index >= 15 is 0 Å². The van der Waals surface area contributed by atoms with E-state index in [0.717, 1.165) is 109 Å². The summed E-state index contributed by atoms with van der Waals surface area (Å²) >= 11 is 0. The first-order valence-corrected chi connectivity index (χ1v) is 38.6. The predicted molar refractivity (Wildman–Crippen MR) is 407 cm³/mol. The second-order valence-corrected chi connectivity index (χ2v) is 26.6. The fourth-order valence-electron chi connectivity index (χ4n) is 10.4. The number of quaternary nitrogens is 1. The SMILES string of the molecule is CC/C=C\C/C=C\C/C=C\C/C=C\C/C=C\C/C=C\C/C=C\C/C=C\C/C=C\C/C=C\CCCCC(=O)OC(COC(=O)CCCCCCCCCCCCCCCCCCCCCCCC/C=C\C/C=C\C/C=C\CCCCCCC)COC(OCC[N+](C)(C)C)C(=O)[O-]. The molecule has 0 aromatic heterocycles. The third kappa shape index (κ3) is 76.1. The molecule has 0 amide bonds. The summed E-state index contributed by atoms with van der Waals surface area (Å²) in [6.45, 7) is 4.58. The molecule has 9 nitrogen and oxygen atoms in total. The highest BCUT2D eigenvalue weighted by Gasteiger charge is 2.22. The molecule has 0 aliphatic carbocycles. The number of carboxylic acid groups (broad SMARTS) is 1. The van der Waals surface area contributed by atoms with Crippen LogP contribution < -0.4 is 5.11 Å². The zero-order valence-corrected chi connectivity index (χ0v) is 61.7. The van der Waals surface area contributed by atoms with Gasteiger partial charge in [-0.2, -0.15) is 0 Å². The lowest BCUT2D eigenvalue weighted by molar-refractivity contribution is -0.870. The highest BCUT2D eigenvalue weighted by Crippen LogP contribution is 2.17. The molecule has 2 atom stereocenters. The van der Waals surface area contributed by atoms with Gasteiger partial charge in [-0.05, 0) is 128 Å². The number of likely N-dealkylation sites (N-methyl/N-ethyl adjacent to an activating group) is 1. The van der Waals surface area contributed by atoms with Crippen LogP contribution in [-0.2, 0) is 33.3 Å². The molecule has 0 saturated carbocycles. The molecule has 0 aromatic rings. The number of allylic oxidation sites excluding steroid dienone is 26. The summed E-state index contributed by atoms with van der Waals surface area (Å²) in [4.78, 5) is 37.5. The summed E-state index contributed by atoms with van der Waals surface area (Å²) in [5.74, 6) is -2.35. The molecule has 95 heavy (non-hydrogen) atoms. The van der Waals surface area contributed by atoms with Crippen molar-refractivity contribution < 1.29 is 42.9 Å². The van der Waals surface area contributed by atoms with Crippen molar-refractivity contribution in [2.75, 3.05) is 47.5 Å². The van der Waals surface area contributed by atoms with Crippen LogP contribution in [0.25, 0.3) is 0 Å². The minimum absolute atomic E-state index is 0.132. The molecule has 0 aromatic carbocycles. The molecule has 2 unspecified atom stereocenters. The number of esters is 2. The summed E-state index contributed by atoms with van der Waals surface area (Å²) in [5, 5.41) is 11.8. The third-order valence-electron chi connectivity index (χ3n) is 16.3. The van der Waals surface area contributed by atoms with Gasteiger partial charge >= 0.3 is 11.9 Å². The Morgan fingerprint density at radius 2 is 0.600 bits per heavy atom. The van der Waals surface area contributed by atoms with Gasteiger partial charge < -0.3 is 33.3 Å². The van der Waals surface area contributed by atoms with Gasteiger partial charge in [-0.1, -0.05) is 326 Å². The van der Waals surface area contributed by atoms with Crippen LogP contribution in [0.5, 0.6) is 0 Å². The van der Waals surface area contributed by atoms with Crippen LogP contribution in [0.3, 0.4) is 0 Å². The van der Waals surface area contributed by atoms with Crippen LogP contribution in [0.2, 0.25) is 0 Å². The fourth-order valence-corrected chi connectivity index (χ4v) is 10.4. The molecule has 0 spiro atoms. The monoisotopic (exact) mass is 1320 g/mol. The normalized spacial score (nSPS) is 13.6. The van der Waals surface area contributed by atoms with E-state index in [1.54, 1.807) is 0 Å². The van der Waals surface area contributed by atoms with Crippen LogP contribution in [0, 0.1) is 0 Å². The van der Waals surface area contributed by atoms with Crippen LogP contribution in [0.1, 0.15) is 309 Å². The molecule has 0 fully saturated rings. The van der Waals surface area contributed by atoms with Crippen molar-refractivity contribution >= 4 is 17.9 Å². The Labute approximate surface area is 584 Å². The van der Waals surface area contributed by atoms with Gasteiger partial charge in [-0.3, -0.25) is 9.59 Å². The topological polar surface area (TPSA) is 111 Å². The number of rotatable bonds is 70. The predicted octanol–water partition coefficient (Wildman–Crippen LogP) is 23.5. The van der Waals surface area contributed by atoms with E-state index in [1.807, 2.05) is 21.1 Å². The Balaban J connectivity index is 4.15. The number of aliphatic carboxylic acids is 1. The number of ether oxygens (including phenoxy) is 4. The van der Waals surface area contributed by atoms with E-state index in [-0.39, 0.29) is 38.6 Å². The lowest BCUT2D eigenvalue weighted by Gasteiger charge is -2.26. The molecule has 540 valence electrons. The van der Waals surface area contributed by atoms with E-state index in [2.05, 4.69) is 172 Å². The van der Waals surface area contributed by atoms with Crippen molar-refractivity contribution in [2.45, 2.75) is 322 Å². The number of hydrogen-bond donors (Lipinski definition) is 0. The highest BCUT2D eigenvalue weighted by molar-refractivity contribution is 5.70. The molecule has 0 aliphatic rings. The molecule has 0 saturated heterocycles. The number of carbonyl (C=O) groups excluding carboxylic acids is 3. The Hall–Kier alpha value is -5.09. The average molecular weight is 1320 g/mol. The largest absolute Gasteiger partial charge is 0.545 e. The first-order chi connectivity index (χ1) is 46.6. The second kappa shape index (κ2) is 74.7. The average Bonchev–Trinajstić information content (AvgIpc) is 3.75. The van der Waals surface area contributed by atoms with Crippen LogP contribution in [0.15, 0.2) is 158 Å². The fraction of sp³-hybridized carbons (Fsp3) is 0.663. The maximum absolute atomic E-state index is 12.9. The Morgan fingerprint density at radius 1 is 0.326 bits per heavy atom. The highest BCUT2D eigenvalue weighted by atomic mass is 16.7. The van der Waals surface area contributed by atoms with Crippen LogP contribution in [-0.4, -0.2) is 82.3 Å². The van der Waals surface area contributed by atoms with Crippen molar-refractivity contribution in [1.82, 2.24) is 0 Å². The van der Waals surface area contributed by atoms with Gasteiger partial charge in [0.1, 0.15) is 13.2 Å². The Kier molecular flexibility index (Phi) is 70.7. The van der Waals surface area contributed by atoms with E-state index in [0.29, 0.717) is 17.4 Å². The molecule has 0 bridgehead atoms. The van der Waals surface area contributed by atoms with E-state index in [1.165, 1.54) is 167 Å². The van der Waals surface area contributed by atoms with E-state index in [9.17, 15) is 19.5 Å². The number of carboxylic acids is 1. The molecule has 9 heteroatoms. The maximum atomic E-state index is 12.9. The number of unbranched alkanes of at least 4 members (excludes halogenated alkanes) is 29. The molecular formula is C86H143NO8. The lowest BCUT2D eigenvalue weighted by atomic mass is 10.0. The molecule has 0 heterocycles. The van der Waals surface area contributed by atoms with Gasteiger partial charge in [0.05, 0.1) is 40.3 Å². The van der Waals surface area contributed by atoms with Gasteiger partial charge in [0.2, 0.25) is 0 Å². The standard InChI is InChI=1S/C86H143NO8/c1-6-8-10-12-14-16-18-20-22-24-26-28-30-32-34-36-38-40-41-42-43-45-46-48-50-52-54-56-58-60-62-64-66-68-70-72-74-76-83(88)93-80-82(81-94-86(85(90)91)92-79-78-87(3,4)5)95-84(89)77-75-73-71-69-67-65-63-61-59-57-55-53-51-49-47-44-39-37-35-33-31-29-27-25-23-21-19-17-15-13-11-9-7-2/h9,11,15,17-18,20-21,23-24,26-27,29-30,32-33,35,39,44,49,51,55,57,61,63,67,69,82,86H,6-8,10,12-14,16,19,22,25,28,31,34,36-38,40-43,45-48,50,52-54,56,58-60,62,64-66,68,70-81H2,1-5H3/b11-9-,17-15-,20-18-,23-21-,26-24-,29-27-,32-30-,35-33-,44-39-,51-49-,57-55-,63-61-,69-67-. The number of hydrogen-bond acceptors (Lipinski definition) is 8. The van der Waals surface area contributed by atoms with Crippen molar-refractivity contribution in [1.29, 1.82) is 0 Å². The summed E-state index contributed by atoms with van der Waals surface area (Å²) < 4.78 is 22.8. The zero-order valence-electron chi connectivity index (χ0n) is 61.7. The van der Waals surface area contributed by atoms with Gasteiger partial charge in [-0.25, -0.2) is 0 Å². The first kappa shape index (κ1) is 89.9. The summed E-state index contributed by atoms with van der Waals surface area (Å²) in [6.07, 6.45) is 108. The Morgan fingerprint density at radius 3 is 0.916 bits per heavy atom. The Bertz CT molecular complexity index is 2130. The minimum Gasteiger partial charge on any atom is -0.545 e. The van der Waals surface area contributed by atoms with Gasteiger partial charge in [0.15, 0.2) is 12.4 Å². The van der Waals surface area contributed by atoms with Crippen LogP contribution >= 0.6 is 0 Å². The molecule has 0 radical (unpaired) electrons. The summed E-state index contributed by atoms with van der Waals surface area (Å²) in [5.41, 5.74) is 0. The smallest absolute Gasteiger partial charge is 0.306 e. The summed E-state index contributed by atoms with van der Waals surface area (Å²) in [6, 6.07) is 0. The van der Waals surface area contributed by atoms with Crippen molar-refractivity contribution in [3.63, 3.8) is 0 Å². The molecule has 0 rings (SSSR count). The van der Waals surface area contributed by atoms with Crippen molar-refractivity contribution in [3.8, 4) is 0 Å². The van der Waals surface area contributed by atoms with Crippen molar-refractivity contribution in [2.24, 2.45) is 0 Å². The second-order valence-electron chi connectivity index (χ2n) is 26.6. The van der Waals surface area contributed by atoms with Gasteiger partial charge in [-0.15, -0.1) is 0 Å². The molecule has 0 aliphatic heterocycles. The maximum Gasteiger partial charge on any atom is 0.306 e. The lowest BCUT2D eigenvalue weighted by Crippen LogP contribution is -2.44. The summed E-state index contributed by atoms with van der Waals surface area (Å²) in [7, 11) is 5.91. The van der Waals surface area contributed by atoms with E-state index < -0.39 is 24.3 Å². The number of nitrogens with zero attached hydrogens (tertiary/aromatic N) is 1. The molecular weight excluding hydrogens is 1170 g/mol. The minimum atomic E-state index is -1.64. The molecule has 0 N–H and O–H groups in total. The van der Waals surface area contributed by atoms with Gasteiger partial charge in [0, 0.05) is 12.8 Å². The van der Waals surface area contributed by atoms with Crippen molar-refractivity contribution in [3.05, 3.63) is 158 Å². The van der Waals surface area contributed by atoms with Gasteiger partial charge in [0.25, 0.3) is 0 Å². The van der Waals surface area contributed by atoms with E-state index in [4.69, 9.17) is 18.9 Å². The zero-order chi connectivity index (χ0) is 69.0. The van der Waals surface area contributed by atoms with Crippen LogP contribution in [0.4, 0.5) is 0 Å². The quantitative estimate of drug-likeness (QED) is 0.0195. The third-order valence-corrected chi connectivity index (χ3v) is 16.3. The first-order valence-electron chi connectivity index (χ1n) is 38.6. The number of carbonyl (C=O) groups is 3.